The van der Waals surface area contributed by atoms with E-state index in [2.05, 4.69) is 5.32 Å². The second-order valence-corrected chi connectivity index (χ2v) is 10.6. The van der Waals surface area contributed by atoms with Gasteiger partial charge in [0, 0.05) is 25.4 Å². The number of hydrogen-bond acceptors (Lipinski definition) is 7. The minimum Gasteiger partial charge on any atom is -0.376 e. The van der Waals surface area contributed by atoms with Gasteiger partial charge in [-0.15, -0.1) is 0 Å². The van der Waals surface area contributed by atoms with E-state index < -0.39 is 0 Å². The Balaban J connectivity index is 1.53. The fraction of sp³-hybridized carbons (Fsp3) is 0.500. The highest BCUT2D eigenvalue weighted by atomic mass is 32.2. The molecule has 2 aromatic heterocycles. The normalized spacial score (nSPS) is 23.2. The molecular formula is C24H28N4O3S2. The first kappa shape index (κ1) is 22.6. The summed E-state index contributed by atoms with van der Waals surface area (Å²) in [6.45, 7) is 3.26. The van der Waals surface area contributed by atoms with E-state index in [-0.39, 0.29) is 23.6 Å². The smallest absolute Gasteiger partial charge is 0.267 e. The third kappa shape index (κ3) is 4.46. The van der Waals surface area contributed by atoms with Crippen molar-refractivity contribution in [2.75, 3.05) is 18.5 Å². The molecule has 3 aliphatic rings. The molecule has 0 aromatic carbocycles. The summed E-state index contributed by atoms with van der Waals surface area (Å²) in [6.07, 6.45) is 10.9. The van der Waals surface area contributed by atoms with Crippen LogP contribution in [0.25, 0.3) is 11.7 Å². The number of amides is 1. The topological polar surface area (TPSA) is 75.9 Å². The Morgan fingerprint density at radius 2 is 2.06 bits per heavy atom. The van der Waals surface area contributed by atoms with Gasteiger partial charge in [0.2, 0.25) is 0 Å². The standard InChI is InChI=1S/C24H28N4O3S2/c1-15-7-5-11-27-21(15)26-20(25-14-17-10-6-12-31-17)18(22(27)29)13-19-23(30)28(24(32)33-19)16-8-3-2-4-9-16/h5,7,11,13,16-17,25H,2-4,6,8-10,12,14H2,1H3/b19-13+/t17-/m0/s1. The van der Waals surface area contributed by atoms with Crippen molar-refractivity contribution < 1.29 is 9.53 Å². The molecule has 0 spiro atoms. The van der Waals surface area contributed by atoms with E-state index >= 15 is 0 Å². The largest absolute Gasteiger partial charge is 0.376 e. The molecule has 2 saturated heterocycles. The summed E-state index contributed by atoms with van der Waals surface area (Å²) in [4.78, 5) is 33.8. The first-order valence-corrected chi connectivity index (χ1v) is 12.9. The van der Waals surface area contributed by atoms with Crippen molar-refractivity contribution in [1.82, 2.24) is 14.3 Å². The van der Waals surface area contributed by atoms with Crippen LogP contribution in [-0.4, -0.2) is 49.8 Å². The summed E-state index contributed by atoms with van der Waals surface area (Å²) in [5.74, 6) is 0.378. The highest BCUT2D eigenvalue weighted by Gasteiger charge is 2.37. The number of pyridine rings is 1. The van der Waals surface area contributed by atoms with Crippen molar-refractivity contribution in [1.29, 1.82) is 0 Å². The first-order chi connectivity index (χ1) is 16.0. The molecule has 0 bridgehead atoms. The average molecular weight is 485 g/mol. The summed E-state index contributed by atoms with van der Waals surface area (Å²) in [6, 6.07) is 3.92. The zero-order chi connectivity index (χ0) is 22.9. The molecule has 7 nitrogen and oxygen atoms in total. The molecule has 0 radical (unpaired) electrons. The first-order valence-electron chi connectivity index (χ1n) is 11.7. The van der Waals surface area contributed by atoms with E-state index in [1.165, 1.54) is 18.2 Å². The lowest BCUT2D eigenvalue weighted by molar-refractivity contribution is -0.124. The Bertz CT molecular complexity index is 1180. The van der Waals surface area contributed by atoms with Crippen molar-refractivity contribution in [2.24, 2.45) is 0 Å². The molecule has 9 heteroatoms. The van der Waals surface area contributed by atoms with Crippen LogP contribution in [0.5, 0.6) is 0 Å². The minimum atomic E-state index is -0.207. The Kier molecular flexibility index (Phi) is 6.53. The monoisotopic (exact) mass is 484 g/mol. The number of carbonyl (C=O) groups is 1. The van der Waals surface area contributed by atoms with Gasteiger partial charge in [0.05, 0.1) is 16.6 Å². The van der Waals surface area contributed by atoms with E-state index in [0.717, 1.165) is 50.7 Å². The number of hydrogen-bond donors (Lipinski definition) is 1. The van der Waals surface area contributed by atoms with E-state index in [0.29, 0.717) is 32.8 Å². The molecule has 33 heavy (non-hydrogen) atoms. The molecule has 174 valence electrons. The van der Waals surface area contributed by atoms with Crippen molar-refractivity contribution in [2.45, 2.75) is 64.0 Å². The number of aryl methyl sites for hydroxylation is 1. The van der Waals surface area contributed by atoms with Crippen molar-refractivity contribution in [3.63, 3.8) is 0 Å². The van der Waals surface area contributed by atoms with Gasteiger partial charge in [-0.25, -0.2) is 4.98 Å². The number of fused-ring (bicyclic) bond motifs is 1. The van der Waals surface area contributed by atoms with Crippen LogP contribution < -0.4 is 10.9 Å². The Morgan fingerprint density at radius 1 is 1.24 bits per heavy atom. The number of carbonyl (C=O) groups excluding carboxylic acids is 1. The molecule has 1 N–H and O–H groups in total. The molecule has 1 aliphatic carbocycles. The van der Waals surface area contributed by atoms with Crippen LogP contribution in [0.2, 0.25) is 0 Å². The predicted octanol–water partition coefficient (Wildman–Crippen LogP) is 4.13. The molecule has 1 amide bonds. The van der Waals surface area contributed by atoms with Gasteiger partial charge in [-0.05, 0) is 50.3 Å². The second kappa shape index (κ2) is 9.56. The number of thiocarbonyl (C=S) groups is 1. The van der Waals surface area contributed by atoms with Crippen LogP contribution in [0.4, 0.5) is 5.82 Å². The SMILES string of the molecule is Cc1cccn2c(=O)c(/C=C3/SC(=S)N(C4CCCCC4)C3=O)c(NC[C@@H]3CCCO3)nc12. The van der Waals surface area contributed by atoms with Crippen LogP contribution in [0.1, 0.15) is 56.1 Å². The second-order valence-electron chi connectivity index (χ2n) is 8.92. The summed E-state index contributed by atoms with van der Waals surface area (Å²) < 4.78 is 7.85. The summed E-state index contributed by atoms with van der Waals surface area (Å²) >= 11 is 6.85. The van der Waals surface area contributed by atoms with Crippen LogP contribution in [0.15, 0.2) is 28.0 Å². The number of rotatable bonds is 5. The lowest BCUT2D eigenvalue weighted by Gasteiger charge is -2.29. The van der Waals surface area contributed by atoms with E-state index in [4.69, 9.17) is 21.9 Å². The molecule has 2 aliphatic heterocycles. The van der Waals surface area contributed by atoms with Crippen molar-refractivity contribution in [3.05, 3.63) is 44.7 Å². The lowest BCUT2D eigenvalue weighted by Crippen LogP contribution is -2.39. The molecule has 0 unspecified atom stereocenters. The van der Waals surface area contributed by atoms with Gasteiger partial charge < -0.3 is 10.1 Å². The molecule has 5 rings (SSSR count). The third-order valence-corrected chi connectivity index (χ3v) is 7.97. The summed E-state index contributed by atoms with van der Waals surface area (Å²) in [5.41, 5.74) is 1.68. The zero-order valence-corrected chi connectivity index (χ0v) is 20.3. The van der Waals surface area contributed by atoms with Gasteiger partial charge in [-0.3, -0.25) is 18.9 Å². The van der Waals surface area contributed by atoms with Crippen molar-refractivity contribution in [3.8, 4) is 0 Å². The number of ether oxygens (including phenoxy) is 1. The number of anilines is 1. The zero-order valence-electron chi connectivity index (χ0n) is 18.7. The van der Waals surface area contributed by atoms with E-state index in [1.807, 2.05) is 19.1 Å². The van der Waals surface area contributed by atoms with Gasteiger partial charge in [0.15, 0.2) is 0 Å². The van der Waals surface area contributed by atoms with Crippen LogP contribution in [0.3, 0.4) is 0 Å². The highest BCUT2D eigenvalue weighted by Crippen LogP contribution is 2.37. The highest BCUT2D eigenvalue weighted by molar-refractivity contribution is 8.26. The van der Waals surface area contributed by atoms with Gasteiger partial charge in [-0.1, -0.05) is 49.3 Å². The van der Waals surface area contributed by atoms with E-state index in [1.54, 1.807) is 21.6 Å². The maximum absolute atomic E-state index is 13.5. The number of nitrogens with zero attached hydrogens (tertiary/aromatic N) is 3. The third-order valence-electron chi connectivity index (χ3n) is 6.64. The van der Waals surface area contributed by atoms with Gasteiger partial charge in [0.25, 0.3) is 11.5 Å². The summed E-state index contributed by atoms with van der Waals surface area (Å²) in [7, 11) is 0. The molecule has 3 fully saturated rings. The maximum Gasteiger partial charge on any atom is 0.267 e. The van der Waals surface area contributed by atoms with Gasteiger partial charge in [0.1, 0.15) is 15.8 Å². The number of aromatic nitrogens is 2. The fourth-order valence-corrected chi connectivity index (χ4v) is 6.24. The van der Waals surface area contributed by atoms with E-state index in [9.17, 15) is 9.59 Å². The summed E-state index contributed by atoms with van der Waals surface area (Å²) in [5, 5.41) is 3.33. The molecule has 1 saturated carbocycles. The molecule has 2 aromatic rings. The van der Waals surface area contributed by atoms with Crippen molar-refractivity contribution >= 4 is 51.7 Å². The quantitative estimate of drug-likeness (QED) is 0.505. The fourth-order valence-electron chi connectivity index (χ4n) is 4.86. The number of nitrogens with one attached hydrogen (secondary N) is 1. The van der Waals surface area contributed by atoms with Crippen LogP contribution in [-0.2, 0) is 9.53 Å². The Labute approximate surface area is 202 Å². The van der Waals surface area contributed by atoms with Crippen LogP contribution >= 0.6 is 24.0 Å². The maximum atomic E-state index is 13.5. The predicted molar refractivity (Wildman–Crippen MR) is 136 cm³/mol. The minimum absolute atomic E-state index is 0.0967. The van der Waals surface area contributed by atoms with Gasteiger partial charge in [-0.2, -0.15) is 0 Å². The van der Waals surface area contributed by atoms with Crippen LogP contribution in [0, 0.1) is 6.92 Å². The molecule has 1 atom stereocenters. The molecular weight excluding hydrogens is 456 g/mol. The van der Waals surface area contributed by atoms with Gasteiger partial charge >= 0.3 is 0 Å². The average Bonchev–Trinajstić information content (AvgIpc) is 3.43. The number of thioether (sulfide) groups is 1. The Morgan fingerprint density at radius 3 is 2.82 bits per heavy atom. The lowest BCUT2D eigenvalue weighted by atomic mass is 9.94. The molecule has 4 heterocycles. The Hall–Kier alpha value is -2.23.